The highest BCUT2D eigenvalue weighted by Gasteiger charge is 2.13. The summed E-state index contributed by atoms with van der Waals surface area (Å²) in [6.07, 6.45) is 4.48. The summed E-state index contributed by atoms with van der Waals surface area (Å²) in [6, 6.07) is 1.62. The third-order valence-electron chi connectivity index (χ3n) is 1.88. The van der Waals surface area contributed by atoms with Crippen LogP contribution in [0.4, 0.5) is 0 Å². The predicted octanol–water partition coefficient (Wildman–Crippen LogP) is 1.37. The number of aryl methyl sites for hydroxylation is 1. The maximum atomic E-state index is 11.6. The Bertz CT molecular complexity index is 448. The van der Waals surface area contributed by atoms with Crippen LogP contribution in [0.1, 0.15) is 24.8 Å². The second-order valence-corrected chi connectivity index (χ2v) is 5.25. The standard InChI is InChI=1S/C10H16N2O3S/c1-3-4-5-6-11-16(13,14)8-10-7-9(2)15-12-10/h3-4,7,11H,5-6,8H2,1-2H3/b4-3+. The summed E-state index contributed by atoms with van der Waals surface area (Å²) in [5, 5.41) is 3.64. The monoisotopic (exact) mass is 244 g/mol. The van der Waals surface area contributed by atoms with Gasteiger partial charge in [0.2, 0.25) is 10.0 Å². The highest BCUT2D eigenvalue weighted by molar-refractivity contribution is 7.88. The largest absolute Gasteiger partial charge is 0.361 e. The molecule has 0 radical (unpaired) electrons. The van der Waals surface area contributed by atoms with Gasteiger partial charge in [0.25, 0.3) is 0 Å². The summed E-state index contributed by atoms with van der Waals surface area (Å²) in [7, 11) is -3.31. The van der Waals surface area contributed by atoms with Crippen LogP contribution in [0.2, 0.25) is 0 Å². The van der Waals surface area contributed by atoms with E-state index in [9.17, 15) is 8.42 Å². The highest BCUT2D eigenvalue weighted by Crippen LogP contribution is 2.05. The van der Waals surface area contributed by atoms with Crippen LogP contribution in [0.15, 0.2) is 22.7 Å². The van der Waals surface area contributed by atoms with Crippen molar-refractivity contribution in [2.75, 3.05) is 6.54 Å². The zero-order valence-electron chi connectivity index (χ0n) is 9.43. The molecule has 0 aliphatic heterocycles. The lowest BCUT2D eigenvalue weighted by Gasteiger charge is -2.02. The van der Waals surface area contributed by atoms with Crippen LogP contribution in [0.3, 0.4) is 0 Å². The summed E-state index contributed by atoms with van der Waals surface area (Å²) in [6.45, 7) is 4.03. The third kappa shape index (κ3) is 4.59. The maximum Gasteiger partial charge on any atom is 0.217 e. The molecule has 0 unspecified atom stereocenters. The number of rotatable bonds is 6. The van der Waals surface area contributed by atoms with Crippen molar-refractivity contribution in [3.8, 4) is 0 Å². The van der Waals surface area contributed by atoms with E-state index in [2.05, 4.69) is 9.88 Å². The first-order chi connectivity index (χ1) is 7.53. The lowest BCUT2D eigenvalue weighted by atomic mass is 10.4. The summed E-state index contributed by atoms with van der Waals surface area (Å²) in [5.41, 5.74) is 0.427. The number of nitrogens with zero attached hydrogens (tertiary/aromatic N) is 1. The van der Waals surface area contributed by atoms with Gasteiger partial charge in [-0.05, 0) is 20.3 Å². The van der Waals surface area contributed by atoms with Gasteiger partial charge in [-0.15, -0.1) is 0 Å². The number of aromatic nitrogens is 1. The number of hydrogen-bond acceptors (Lipinski definition) is 4. The van der Waals surface area contributed by atoms with Crippen LogP contribution in [0.25, 0.3) is 0 Å². The van der Waals surface area contributed by atoms with E-state index < -0.39 is 10.0 Å². The molecule has 0 saturated heterocycles. The van der Waals surface area contributed by atoms with Gasteiger partial charge in [-0.2, -0.15) is 0 Å². The summed E-state index contributed by atoms with van der Waals surface area (Å²) in [4.78, 5) is 0. The minimum atomic E-state index is -3.31. The van der Waals surface area contributed by atoms with Gasteiger partial charge in [-0.1, -0.05) is 17.3 Å². The first-order valence-corrected chi connectivity index (χ1v) is 6.69. The second-order valence-electron chi connectivity index (χ2n) is 3.44. The van der Waals surface area contributed by atoms with Crippen molar-refractivity contribution >= 4 is 10.0 Å². The van der Waals surface area contributed by atoms with Crippen molar-refractivity contribution in [1.82, 2.24) is 9.88 Å². The van der Waals surface area contributed by atoms with Crippen molar-refractivity contribution < 1.29 is 12.9 Å². The van der Waals surface area contributed by atoms with Crippen LogP contribution in [-0.4, -0.2) is 20.1 Å². The molecule has 5 nitrogen and oxygen atoms in total. The number of sulfonamides is 1. The van der Waals surface area contributed by atoms with Gasteiger partial charge in [0.1, 0.15) is 17.2 Å². The zero-order chi connectivity index (χ0) is 12.0. The van der Waals surface area contributed by atoms with Crippen molar-refractivity contribution in [3.63, 3.8) is 0 Å². The molecular formula is C10H16N2O3S. The second kappa shape index (κ2) is 5.81. The predicted molar refractivity (Wildman–Crippen MR) is 61.3 cm³/mol. The average molecular weight is 244 g/mol. The Labute approximate surface area is 95.6 Å². The average Bonchev–Trinajstić information content (AvgIpc) is 2.58. The van der Waals surface area contributed by atoms with Crippen molar-refractivity contribution in [2.24, 2.45) is 0 Å². The molecule has 0 aliphatic rings. The van der Waals surface area contributed by atoms with Gasteiger partial charge in [-0.3, -0.25) is 0 Å². The van der Waals surface area contributed by atoms with Gasteiger partial charge in [0, 0.05) is 12.6 Å². The Hall–Kier alpha value is -1.14. The van der Waals surface area contributed by atoms with Crippen molar-refractivity contribution in [2.45, 2.75) is 26.0 Å². The Kier molecular flexibility index (Phi) is 4.70. The van der Waals surface area contributed by atoms with Gasteiger partial charge in [-0.25, -0.2) is 13.1 Å². The highest BCUT2D eigenvalue weighted by atomic mass is 32.2. The molecule has 1 heterocycles. The molecule has 90 valence electrons. The molecule has 0 amide bonds. The van der Waals surface area contributed by atoms with Gasteiger partial charge >= 0.3 is 0 Å². The topological polar surface area (TPSA) is 72.2 Å². The van der Waals surface area contributed by atoms with Gasteiger partial charge in [0.15, 0.2) is 0 Å². The first-order valence-electron chi connectivity index (χ1n) is 5.04. The summed E-state index contributed by atoms with van der Waals surface area (Å²) in [5.74, 6) is 0.472. The van der Waals surface area contributed by atoms with Gasteiger partial charge < -0.3 is 4.52 Å². The summed E-state index contributed by atoms with van der Waals surface area (Å²) < 4.78 is 30.4. The van der Waals surface area contributed by atoms with Crippen LogP contribution < -0.4 is 4.72 Å². The molecule has 0 aliphatic carbocycles. The molecule has 0 aromatic carbocycles. The smallest absolute Gasteiger partial charge is 0.217 e. The molecule has 1 aromatic rings. The lowest BCUT2D eigenvalue weighted by Crippen LogP contribution is -2.26. The number of allylic oxidation sites excluding steroid dienone is 1. The van der Waals surface area contributed by atoms with Crippen molar-refractivity contribution in [3.05, 3.63) is 29.7 Å². The van der Waals surface area contributed by atoms with E-state index in [-0.39, 0.29) is 5.75 Å². The van der Waals surface area contributed by atoms with Crippen molar-refractivity contribution in [1.29, 1.82) is 0 Å². The fraction of sp³-hybridized carbons (Fsp3) is 0.500. The summed E-state index contributed by atoms with van der Waals surface area (Å²) >= 11 is 0. The number of hydrogen-bond donors (Lipinski definition) is 1. The van der Waals surface area contributed by atoms with E-state index in [0.29, 0.717) is 24.4 Å². The zero-order valence-corrected chi connectivity index (χ0v) is 10.3. The Morgan fingerprint density at radius 2 is 2.31 bits per heavy atom. The Morgan fingerprint density at radius 3 is 2.88 bits per heavy atom. The molecule has 1 aromatic heterocycles. The van der Waals surface area contributed by atoms with Crippen LogP contribution in [0.5, 0.6) is 0 Å². The molecule has 1 rings (SSSR count). The van der Waals surface area contributed by atoms with E-state index in [0.717, 1.165) is 0 Å². The molecule has 0 spiro atoms. The Morgan fingerprint density at radius 1 is 1.56 bits per heavy atom. The molecule has 16 heavy (non-hydrogen) atoms. The Balaban J connectivity index is 2.46. The molecule has 0 saturated carbocycles. The molecule has 1 N–H and O–H groups in total. The SMILES string of the molecule is C/C=C/CCNS(=O)(=O)Cc1cc(C)on1. The van der Waals surface area contributed by atoms with E-state index in [1.165, 1.54) is 0 Å². The number of nitrogens with one attached hydrogen (secondary N) is 1. The third-order valence-corrected chi connectivity index (χ3v) is 3.20. The molecular weight excluding hydrogens is 228 g/mol. The van der Waals surface area contributed by atoms with Crippen LogP contribution in [-0.2, 0) is 15.8 Å². The quantitative estimate of drug-likeness (QED) is 0.606. The minimum Gasteiger partial charge on any atom is -0.361 e. The van der Waals surface area contributed by atoms with E-state index in [4.69, 9.17) is 4.52 Å². The van der Waals surface area contributed by atoms with E-state index in [1.54, 1.807) is 13.0 Å². The first kappa shape index (κ1) is 12.9. The normalized spacial score (nSPS) is 12.4. The molecule has 0 atom stereocenters. The maximum absolute atomic E-state index is 11.6. The van der Waals surface area contributed by atoms with E-state index in [1.807, 2.05) is 19.1 Å². The van der Waals surface area contributed by atoms with Gasteiger partial charge in [0.05, 0.1) is 0 Å². The lowest BCUT2D eigenvalue weighted by molar-refractivity contribution is 0.392. The fourth-order valence-corrected chi connectivity index (χ4v) is 2.25. The minimum absolute atomic E-state index is 0.139. The molecule has 0 fully saturated rings. The van der Waals surface area contributed by atoms with Crippen LogP contribution in [0, 0.1) is 6.92 Å². The van der Waals surface area contributed by atoms with Crippen LogP contribution >= 0.6 is 0 Å². The van der Waals surface area contributed by atoms with E-state index >= 15 is 0 Å². The molecule has 6 heteroatoms. The molecule has 0 bridgehead atoms. The fourth-order valence-electron chi connectivity index (χ4n) is 1.20.